The molecule has 3 unspecified atom stereocenters. The molecule has 0 saturated heterocycles. The molecule has 0 spiro atoms. The van der Waals surface area contributed by atoms with Crippen LogP contribution in [0.4, 0.5) is 11.4 Å². The number of carbonyl (C=O) groups excluding carboxylic acids is 1. The Kier molecular flexibility index (Phi) is 4.89. The number of carbonyl (C=O) groups is 1. The van der Waals surface area contributed by atoms with Gasteiger partial charge in [0.2, 0.25) is 5.91 Å². The van der Waals surface area contributed by atoms with E-state index in [1.807, 2.05) is 36.1 Å². The fraction of sp³-hybridized carbons (Fsp3) is 0.381. The van der Waals surface area contributed by atoms with Crippen molar-refractivity contribution in [1.82, 2.24) is 0 Å². The lowest BCUT2D eigenvalue weighted by molar-refractivity contribution is -0.122. The van der Waals surface area contributed by atoms with Gasteiger partial charge in [-0.05, 0) is 43.5 Å². The van der Waals surface area contributed by atoms with Crippen LogP contribution in [0.25, 0.3) is 0 Å². The molecule has 2 aromatic rings. The molecular weight excluding hydrogens is 296 g/mol. The molecule has 0 saturated carbocycles. The fourth-order valence-electron chi connectivity index (χ4n) is 3.43. The summed E-state index contributed by atoms with van der Waals surface area (Å²) in [5, 5.41) is 3.63. The van der Waals surface area contributed by atoms with E-state index < -0.39 is 0 Å². The highest BCUT2D eigenvalue weighted by Crippen LogP contribution is 2.39. The lowest BCUT2D eigenvalue weighted by atomic mass is 9.90. The first-order valence-corrected chi connectivity index (χ1v) is 8.85. The monoisotopic (exact) mass is 322 g/mol. The Morgan fingerprint density at radius 1 is 1.17 bits per heavy atom. The van der Waals surface area contributed by atoms with Crippen molar-refractivity contribution in [2.24, 2.45) is 5.92 Å². The highest BCUT2D eigenvalue weighted by molar-refractivity contribution is 5.96. The van der Waals surface area contributed by atoms with Gasteiger partial charge >= 0.3 is 0 Å². The van der Waals surface area contributed by atoms with Gasteiger partial charge in [0, 0.05) is 23.3 Å². The second-order valence-electron chi connectivity index (χ2n) is 6.72. The van der Waals surface area contributed by atoms with Crippen LogP contribution in [-0.4, -0.2) is 11.9 Å². The summed E-state index contributed by atoms with van der Waals surface area (Å²) in [4.78, 5) is 14.9. The van der Waals surface area contributed by atoms with Gasteiger partial charge in [-0.1, -0.05) is 50.2 Å². The number of benzene rings is 2. The molecule has 1 aliphatic heterocycles. The number of nitrogens with zero attached hydrogens (tertiary/aromatic N) is 1. The van der Waals surface area contributed by atoms with Crippen molar-refractivity contribution in [3.05, 3.63) is 60.2 Å². The molecule has 1 aliphatic rings. The molecule has 3 heteroatoms. The predicted octanol–water partition coefficient (Wildman–Crippen LogP) is 5.01. The lowest BCUT2D eigenvalue weighted by Crippen LogP contribution is -2.46. The number of hydrogen-bond acceptors (Lipinski definition) is 2. The van der Waals surface area contributed by atoms with Gasteiger partial charge in [-0.25, -0.2) is 0 Å². The SMILES string of the molecule is CCC(C)C(=O)N1c2ccccc2C(Nc2ccccc2)CC1C. The van der Waals surface area contributed by atoms with Gasteiger partial charge in [0.1, 0.15) is 0 Å². The van der Waals surface area contributed by atoms with Crippen LogP contribution in [0.3, 0.4) is 0 Å². The number of nitrogens with one attached hydrogen (secondary N) is 1. The summed E-state index contributed by atoms with van der Waals surface area (Å²) in [6, 6.07) is 19.0. The number of rotatable bonds is 4. The zero-order valence-corrected chi connectivity index (χ0v) is 14.7. The molecule has 3 rings (SSSR count). The summed E-state index contributed by atoms with van der Waals surface area (Å²) in [6.07, 6.45) is 1.78. The Morgan fingerprint density at radius 3 is 2.54 bits per heavy atom. The number of amides is 1. The second kappa shape index (κ2) is 7.08. The van der Waals surface area contributed by atoms with Crippen molar-refractivity contribution in [1.29, 1.82) is 0 Å². The minimum absolute atomic E-state index is 0.0548. The molecule has 126 valence electrons. The topological polar surface area (TPSA) is 32.3 Å². The Hall–Kier alpha value is -2.29. The maximum atomic E-state index is 12.9. The number of para-hydroxylation sites is 2. The lowest BCUT2D eigenvalue weighted by Gasteiger charge is -2.41. The quantitative estimate of drug-likeness (QED) is 0.858. The van der Waals surface area contributed by atoms with Crippen LogP contribution in [0.2, 0.25) is 0 Å². The maximum absolute atomic E-state index is 12.9. The van der Waals surface area contributed by atoms with Gasteiger partial charge in [-0.2, -0.15) is 0 Å². The normalized spacial score (nSPS) is 21.0. The van der Waals surface area contributed by atoms with Crippen LogP contribution in [0, 0.1) is 5.92 Å². The summed E-state index contributed by atoms with van der Waals surface area (Å²) in [6.45, 7) is 6.24. The average molecular weight is 322 g/mol. The Balaban J connectivity index is 1.94. The van der Waals surface area contributed by atoms with Crippen molar-refractivity contribution < 1.29 is 4.79 Å². The van der Waals surface area contributed by atoms with Crippen LogP contribution in [-0.2, 0) is 4.79 Å². The number of fused-ring (bicyclic) bond motifs is 1. The summed E-state index contributed by atoms with van der Waals surface area (Å²) in [7, 11) is 0. The zero-order chi connectivity index (χ0) is 17.1. The highest BCUT2D eigenvalue weighted by Gasteiger charge is 2.34. The average Bonchev–Trinajstić information content (AvgIpc) is 2.61. The summed E-state index contributed by atoms with van der Waals surface area (Å²) >= 11 is 0. The van der Waals surface area contributed by atoms with E-state index in [0.717, 1.165) is 24.2 Å². The van der Waals surface area contributed by atoms with E-state index in [2.05, 4.69) is 49.5 Å². The van der Waals surface area contributed by atoms with E-state index in [0.29, 0.717) is 0 Å². The summed E-state index contributed by atoms with van der Waals surface area (Å²) in [5.41, 5.74) is 3.37. The minimum atomic E-state index is 0.0548. The third-order valence-corrected chi connectivity index (χ3v) is 4.98. The van der Waals surface area contributed by atoms with Gasteiger partial charge < -0.3 is 10.2 Å². The molecule has 24 heavy (non-hydrogen) atoms. The van der Waals surface area contributed by atoms with Gasteiger partial charge in [-0.3, -0.25) is 4.79 Å². The van der Waals surface area contributed by atoms with Crippen LogP contribution >= 0.6 is 0 Å². The third-order valence-electron chi connectivity index (χ3n) is 4.98. The molecular formula is C21H26N2O. The van der Waals surface area contributed by atoms with E-state index >= 15 is 0 Å². The van der Waals surface area contributed by atoms with Crippen molar-refractivity contribution in [2.45, 2.75) is 45.7 Å². The molecule has 3 nitrogen and oxygen atoms in total. The van der Waals surface area contributed by atoms with Gasteiger partial charge in [-0.15, -0.1) is 0 Å². The Morgan fingerprint density at radius 2 is 1.83 bits per heavy atom. The fourth-order valence-corrected chi connectivity index (χ4v) is 3.43. The highest BCUT2D eigenvalue weighted by atomic mass is 16.2. The summed E-state index contributed by atoms with van der Waals surface area (Å²) < 4.78 is 0. The molecule has 3 atom stereocenters. The smallest absolute Gasteiger partial charge is 0.230 e. The summed E-state index contributed by atoms with van der Waals surface area (Å²) in [5.74, 6) is 0.287. The van der Waals surface area contributed by atoms with Gasteiger partial charge in [0.25, 0.3) is 0 Å². The van der Waals surface area contributed by atoms with Gasteiger partial charge in [0.05, 0.1) is 6.04 Å². The number of hydrogen-bond donors (Lipinski definition) is 1. The predicted molar refractivity (Wildman–Crippen MR) is 100 cm³/mol. The van der Waals surface area contributed by atoms with E-state index in [1.54, 1.807) is 0 Å². The molecule has 2 aromatic carbocycles. The number of anilines is 2. The van der Waals surface area contributed by atoms with E-state index in [4.69, 9.17) is 0 Å². The second-order valence-corrected chi connectivity index (χ2v) is 6.72. The van der Waals surface area contributed by atoms with Crippen LogP contribution < -0.4 is 10.2 Å². The van der Waals surface area contributed by atoms with Crippen molar-refractivity contribution in [3.63, 3.8) is 0 Å². The van der Waals surface area contributed by atoms with Crippen molar-refractivity contribution in [3.8, 4) is 0 Å². The zero-order valence-electron chi connectivity index (χ0n) is 14.7. The van der Waals surface area contributed by atoms with Crippen LogP contribution in [0.5, 0.6) is 0 Å². The Bertz CT molecular complexity index is 698. The van der Waals surface area contributed by atoms with E-state index in [9.17, 15) is 4.79 Å². The van der Waals surface area contributed by atoms with Crippen LogP contribution in [0.15, 0.2) is 54.6 Å². The molecule has 0 fully saturated rings. The molecule has 0 radical (unpaired) electrons. The molecule has 1 heterocycles. The Labute approximate surface area is 144 Å². The molecule has 0 aliphatic carbocycles. The van der Waals surface area contributed by atoms with Gasteiger partial charge in [0.15, 0.2) is 0 Å². The first-order chi connectivity index (χ1) is 11.6. The van der Waals surface area contributed by atoms with Crippen LogP contribution in [0.1, 0.15) is 45.2 Å². The van der Waals surface area contributed by atoms with Crippen molar-refractivity contribution in [2.75, 3.05) is 10.2 Å². The van der Waals surface area contributed by atoms with Crippen molar-refractivity contribution >= 4 is 17.3 Å². The molecule has 0 bridgehead atoms. The minimum Gasteiger partial charge on any atom is -0.378 e. The first-order valence-electron chi connectivity index (χ1n) is 8.85. The largest absolute Gasteiger partial charge is 0.378 e. The van der Waals surface area contributed by atoms with E-state index in [-0.39, 0.29) is 23.9 Å². The molecule has 1 amide bonds. The third kappa shape index (κ3) is 3.16. The van der Waals surface area contributed by atoms with E-state index in [1.165, 1.54) is 5.56 Å². The maximum Gasteiger partial charge on any atom is 0.230 e. The standard InChI is InChI=1S/C21H26N2O/c1-4-15(2)21(24)23-16(3)14-19(18-12-8-9-13-20(18)23)22-17-10-6-5-7-11-17/h5-13,15-16,19,22H,4,14H2,1-3H3. The molecule has 1 N–H and O–H groups in total. The first kappa shape index (κ1) is 16.6. The molecule has 0 aromatic heterocycles.